The molecule has 18 heteroatoms. The molecule has 41 heavy (non-hydrogen) atoms. The molecule has 4 rings (SSSR count). The van der Waals surface area contributed by atoms with Gasteiger partial charge in [-0.1, -0.05) is 0 Å². The van der Waals surface area contributed by atoms with Crippen LogP contribution in [0, 0.1) is 0 Å². The highest BCUT2D eigenvalue weighted by Crippen LogP contribution is 2.33. The van der Waals surface area contributed by atoms with Crippen molar-refractivity contribution in [2.75, 3.05) is 13.2 Å². The van der Waals surface area contributed by atoms with E-state index in [0.29, 0.717) is 0 Å². The maximum atomic E-state index is 10.8. The quantitative estimate of drug-likeness (QED) is 0.129. The third-order valence-corrected chi connectivity index (χ3v) is 7.73. The molecule has 4 heterocycles. The lowest BCUT2D eigenvalue weighted by Gasteiger charge is -2.48. The van der Waals surface area contributed by atoms with E-state index in [1.807, 2.05) is 0 Å². The number of ether oxygens (including phenoxy) is 7. The van der Waals surface area contributed by atoms with Crippen molar-refractivity contribution in [2.24, 2.45) is 0 Å². The van der Waals surface area contributed by atoms with E-state index in [1.165, 1.54) is 13.8 Å². The minimum Gasteiger partial charge on any atom is -0.394 e. The van der Waals surface area contributed by atoms with Gasteiger partial charge in [0.25, 0.3) is 0 Å². The SMILES string of the molecule is C[C@@H]1O[C@@H](O[C@@H]2[C@@H](O[C@@H]3O[C@H](CO)[C@@H](O)[C@H](O)[C@H]3O)[C@@H](O)[C@@H](C)O[C@H]2O)[C@H](O)[C@H](O)[C@H]1O[C@@H]1OC[C@@H](O)[C@H](O)[C@H]1O. The van der Waals surface area contributed by atoms with Gasteiger partial charge in [-0.2, -0.15) is 0 Å². The molecular weight excluding hydrogens is 564 g/mol. The Morgan fingerprint density at radius 2 is 1.10 bits per heavy atom. The highest BCUT2D eigenvalue weighted by molar-refractivity contribution is 4.96. The van der Waals surface area contributed by atoms with Crippen LogP contribution in [0.1, 0.15) is 13.8 Å². The second kappa shape index (κ2) is 13.5. The van der Waals surface area contributed by atoms with Crippen molar-refractivity contribution >= 4 is 0 Å². The zero-order chi connectivity index (χ0) is 30.3. The van der Waals surface area contributed by atoms with Gasteiger partial charge in [0, 0.05) is 0 Å². The summed E-state index contributed by atoms with van der Waals surface area (Å²) < 4.78 is 38.3. The Balaban J connectivity index is 1.46. The molecule has 0 saturated carbocycles. The van der Waals surface area contributed by atoms with E-state index in [4.69, 9.17) is 33.2 Å². The monoisotopic (exact) mass is 604 g/mol. The van der Waals surface area contributed by atoms with Crippen LogP contribution in [-0.4, -0.2) is 186 Å². The van der Waals surface area contributed by atoms with Gasteiger partial charge in [-0.15, -0.1) is 0 Å². The minimum atomic E-state index is -1.86. The molecule has 0 unspecified atom stereocenters. The molecule has 0 aromatic carbocycles. The Bertz CT molecular complexity index is 836. The van der Waals surface area contributed by atoms with Gasteiger partial charge in [-0.05, 0) is 13.8 Å². The van der Waals surface area contributed by atoms with E-state index in [-0.39, 0.29) is 6.61 Å². The van der Waals surface area contributed by atoms with Crippen molar-refractivity contribution in [3.8, 4) is 0 Å². The van der Waals surface area contributed by atoms with Gasteiger partial charge in [0.15, 0.2) is 25.2 Å². The van der Waals surface area contributed by atoms with Crippen LogP contribution in [0.2, 0.25) is 0 Å². The summed E-state index contributed by atoms with van der Waals surface area (Å²) in [5.74, 6) is 0. The van der Waals surface area contributed by atoms with Crippen molar-refractivity contribution < 1.29 is 89.3 Å². The fourth-order valence-corrected chi connectivity index (χ4v) is 5.15. The molecule has 4 saturated heterocycles. The maximum absolute atomic E-state index is 10.8. The average Bonchev–Trinajstić information content (AvgIpc) is 2.93. The van der Waals surface area contributed by atoms with Gasteiger partial charge in [0.05, 0.1) is 25.4 Å². The fraction of sp³-hybridized carbons (Fsp3) is 1.00. The van der Waals surface area contributed by atoms with E-state index in [2.05, 4.69) is 0 Å². The lowest BCUT2D eigenvalue weighted by atomic mass is 9.96. The molecule has 0 aromatic heterocycles. The van der Waals surface area contributed by atoms with Gasteiger partial charge in [-0.3, -0.25) is 0 Å². The minimum absolute atomic E-state index is 0.370. The molecule has 18 nitrogen and oxygen atoms in total. The number of aliphatic hydroxyl groups excluding tert-OH is 11. The van der Waals surface area contributed by atoms with Gasteiger partial charge >= 0.3 is 0 Å². The normalized spacial score (nSPS) is 55.1. The van der Waals surface area contributed by atoms with E-state index in [0.717, 1.165) is 0 Å². The average molecular weight is 605 g/mol. The molecule has 4 aliphatic heterocycles. The smallest absolute Gasteiger partial charge is 0.187 e. The molecule has 4 aliphatic rings. The number of hydrogen-bond acceptors (Lipinski definition) is 18. The Hall–Kier alpha value is -0.720. The molecule has 0 spiro atoms. The van der Waals surface area contributed by atoms with E-state index >= 15 is 0 Å². The Labute approximate surface area is 233 Å². The fourth-order valence-electron chi connectivity index (χ4n) is 5.15. The first-order chi connectivity index (χ1) is 19.3. The second-order valence-electron chi connectivity index (χ2n) is 10.7. The van der Waals surface area contributed by atoms with Crippen LogP contribution in [0.4, 0.5) is 0 Å². The van der Waals surface area contributed by atoms with Crippen LogP contribution in [0.25, 0.3) is 0 Å². The van der Waals surface area contributed by atoms with Crippen LogP contribution in [0.5, 0.6) is 0 Å². The predicted octanol–water partition coefficient (Wildman–Crippen LogP) is -7.05. The number of rotatable bonds is 7. The van der Waals surface area contributed by atoms with Crippen LogP contribution < -0.4 is 0 Å². The summed E-state index contributed by atoms with van der Waals surface area (Å²) in [7, 11) is 0. The second-order valence-corrected chi connectivity index (χ2v) is 10.7. The van der Waals surface area contributed by atoms with Crippen molar-refractivity contribution in [1.29, 1.82) is 0 Å². The predicted molar refractivity (Wildman–Crippen MR) is 125 cm³/mol. The maximum Gasteiger partial charge on any atom is 0.187 e. The molecule has 4 fully saturated rings. The molecule has 11 N–H and O–H groups in total. The van der Waals surface area contributed by atoms with Gasteiger partial charge < -0.3 is 89.3 Å². The van der Waals surface area contributed by atoms with E-state index in [9.17, 15) is 56.2 Å². The molecule has 240 valence electrons. The molecule has 0 radical (unpaired) electrons. The van der Waals surface area contributed by atoms with Crippen LogP contribution in [-0.2, 0) is 33.2 Å². The van der Waals surface area contributed by atoms with Crippen molar-refractivity contribution in [2.45, 2.75) is 131 Å². The number of hydrogen-bond donors (Lipinski definition) is 11. The molecule has 0 aliphatic carbocycles. The van der Waals surface area contributed by atoms with Crippen LogP contribution >= 0.6 is 0 Å². The van der Waals surface area contributed by atoms with Crippen molar-refractivity contribution in [1.82, 2.24) is 0 Å². The van der Waals surface area contributed by atoms with Gasteiger partial charge in [-0.25, -0.2) is 0 Å². The third kappa shape index (κ3) is 6.70. The highest BCUT2D eigenvalue weighted by Gasteiger charge is 2.54. The summed E-state index contributed by atoms with van der Waals surface area (Å²) >= 11 is 0. The summed E-state index contributed by atoms with van der Waals surface area (Å²) in [5.41, 5.74) is 0. The first-order valence-corrected chi connectivity index (χ1v) is 13.2. The Morgan fingerprint density at radius 3 is 1.76 bits per heavy atom. The first kappa shape index (κ1) is 33.2. The molecule has 0 amide bonds. The zero-order valence-corrected chi connectivity index (χ0v) is 22.2. The standard InChI is InChI=1S/C23H40O18/c1-5-9(26)18(40-23-15(32)12(29)11(28)8(3-24)38-23)19(20(34)36-5)41-22-16(33)13(30)17(6(2)37-22)39-21-14(31)10(27)7(25)4-35-21/h5-34H,3-4H2,1-2H3/t5-,6+,7-,8-,9+,10+,11-,12+,13+,14-,15-,16-,17+,18+,19-,20-,21+,22+,23+/m1/s1. The van der Waals surface area contributed by atoms with Crippen LogP contribution in [0.3, 0.4) is 0 Å². The summed E-state index contributed by atoms with van der Waals surface area (Å²) in [6, 6.07) is 0. The lowest BCUT2D eigenvalue weighted by Crippen LogP contribution is -2.66. The van der Waals surface area contributed by atoms with E-state index < -0.39 is 123 Å². The highest BCUT2D eigenvalue weighted by atomic mass is 16.8. The summed E-state index contributed by atoms with van der Waals surface area (Å²) in [5, 5.41) is 113. The summed E-state index contributed by atoms with van der Waals surface area (Å²) in [6.45, 7) is 1.70. The molecule has 19 atom stereocenters. The van der Waals surface area contributed by atoms with Crippen LogP contribution in [0.15, 0.2) is 0 Å². The Morgan fingerprint density at radius 1 is 0.537 bits per heavy atom. The van der Waals surface area contributed by atoms with Gasteiger partial charge in [0.2, 0.25) is 0 Å². The summed E-state index contributed by atoms with van der Waals surface area (Å²) in [6.07, 6.45) is -29.7. The van der Waals surface area contributed by atoms with Crippen molar-refractivity contribution in [3.05, 3.63) is 0 Å². The number of aliphatic hydroxyl groups is 11. The largest absolute Gasteiger partial charge is 0.394 e. The summed E-state index contributed by atoms with van der Waals surface area (Å²) in [4.78, 5) is 0. The van der Waals surface area contributed by atoms with Gasteiger partial charge in [0.1, 0.15) is 79.4 Å². The molecule has 0 aromatic rings. The van der Waals surface area contributed by atoms with Crippen molar-refractivity contribution in [3.63, 3.8) is 0 Å². The third-order valence-electron chi connectivity index (χ3n) is 7.73. The lowest BCUT2D eigenvalue weighted by molar-refractivity contribution is -0.390. The topological polar surface area (TPSA) is 287 Å². The first-order valence-electron chi connectivity index (χ1n) is 13.2. The Kier molecular flexibility index (Phi) is 10.9. The molecular formula is C23H40O18. The van der Waals surface area contributed by atoms with E-state index in [1.54, 1.807) is 0 Å². The zero-order valence-electron chi connectivity index (χ0n) is 22.2. The molecule has 0 bridgehead atoms.